The number of aromatic nitrogens is 2. The van der Waals surface area contributed by atoms with Crippen molar-refractivity contribution in [3.63, 3.8) is 0 Å². The highest BCUT2D eigenvalue weighted by molar-refractivity contribution is 6.31. The summed E-state index contributed by atoms with van der Waals surface area (Å²) in [5.74, 6) is 0.265. The lowest BCUT2D eigenvalue weighted by Gasteiger charge is -2.43. The zero-order valence-electron chi connectivity index (χ0n) is 16.2. The number of nitrogens with zero attached hydrogens (tertiary/aromatic N) is 3. The molecule has 1 aromatic heterocycles. The minimum Gasteiger partial charge on any atom is -0.388 e. The van der Waals surface area contributed by atoms with Crippen molar-refractivity contribution in [1.29, 1.82) is 0 Å². The molecule has 3 rings (SSSR count). The van der Waals surface area contributed by atoms with E-state index in [9.17, 15) is 9.90 Å². The second-order valence-corrected chi connectivity index (χ2v) is 8.21. The first kappa shape index (κ1) is 19.9. The molecule has 0 spiro atoms. The molecule has 0 unspecified atom stereocenters. The first-order chi connectivity index (χ1) is 12.8. The van der Waals surface area contributed by atoms with Gasteiger partial charge in [-0.1, -0.05) is 25.4 Å². The fraction of sp³-hybridized carbons (Fsp3) is 0.579. The Balaban J connectivity index is 1.76. The highest BCUT2D eigenvalue weighted by atomic mass is 35.5. The number of urea groups is 1. The largest absolute Gasteiger partial charge is 0.388 e. The van der Waals surface area contributed by atoms with E-state index in [2.05, 4.69) is 24.0 Å². The van der Waals surface area contributed by atoms with Crippen LogP contribution in [0.4, 0.5) is 4.79 Å². The van der Waals surface area contributed by atoms with Gasteiger partial charge in [0.1, 0.15) is 0 Å². The van der Waals surface area contributed by atoms with Crippen LogP contribution in [-0.2, 0) is 4.84 Å². The van der Waals surface area contributed by atoms with Crippen molar-refractivity contribution >= 4 is 28.5 Å². The number of halogens is 1. The molecule has 1 atom stereocenters. The van der Waals surface area contributed by atoms with E-state index in [1.54, 1.807) is 24.2 Å². The number of H-pyrrole nitrogens is 1. The Bertz CT molecular complexity index is 814. The lowest BCUT2D eigenvalue weighted by atomic mass is 9.68. The van der Waals surface area contributed by atoms with Crippen molar-refractivity contribution in [2.45, 2.75) is 32.8 Å². The molecule has 0 radical (unpaired) electrons. The molecule has 7 nitrogen and oxygen atoms in total. The molecule has 1 saturated heterocycles. The van der Waals surface area contributed by atoms with Crippen LogP contribution in [0.25, 0.3) is 10.9 Å². The molecule has 2 heterocycles. The molecular weight excluding hydrogens is 368 g/mol. The van der Waals surface area contributed by atoms with Crippen molar-refractivity contribution < 1.29 is 14.7 Å². The molecule has 0 bridgehead atoms. The third-order valence-corrected chi connectivity index (χ3v) is 6.12. The van der Waals surface area contributed by atoms with Gasteiger partial charge in [0.15, 0.2) is 0 Å². The molecule has 0 aliphatic carbocycles. The van der Waals surface area contributed by atoms with Gasteiger partial charge in [0.25, 0.3) is 0 Å². The number of amides is 2. The topological polar surface area (TPSA) is 81.7 Å². The van der Waals surface area contributed by atoms with Crippen LogP contribution in [-0.4, -0.2) is 58.5 Å². The molecule has 27 heavy (non-hydrogen) atoms. The maximum Gasteiger partial charge on any atom is 0.343 e. The number of nitrogens with one attached hydrogen (secondary N) is 1. The summed E-state index contributed by atoms with van der Waals surface area (Å²) >= 11 is 6.24. The first-order valence-corrected chi connectivity index (χ1v) is 9.50. The van der Waals surface area contributed by atoms with Gasteiger partial charge in [0, 0.05) is 36.1 Å². The number of rotatable bonds is 4. The molecule has 148 valence electrons. The van der Waals surface area contributed by atoms with E-state index in [4.69, 9.17) is 16.4 Å². The number of aliphatic hydroxyl groups excluding tert-OH is 1. The molecule has 8 heteroatoms. The van der Waals surface area contributed by atoms with E-state index in [-0.39, 0.29) is 17.4 Å². The van der Waals surface area contributed by atoms with Crippen LogP contribution in [0.1, 0.15) is 38.4 Å². The van der Waals surface area contributed by atoms with Gasteiger partial charge in [-0.25, -0.2) is 9.86 Å². The quantitative estimate of drug-likeness (QED) is 0.776. The normalized spacial score (nSPS) is 17.3. The number of piperidine rings is 1. The summed E-state index contributed by atoms with van der Waals surface area (Å²) in [6.07, 6.45) is 2.65. The van der Waals surface area contributed by atoms with Crippen LogP contribution in [0.3, 0.4) is 0 Å². The van der Waals surface area contributed by atoms with Gasteiger partial charge in [0.2, 0.25) is 0 Å². The Morgan fingerprint density at radius 3 is 2.74 bits per heavy atom. The Kier molecular flexibility index (Phi) is 5.65. The fourth-order valence-corrected chi connectivity index (χ4v) is 4.21. The standard InChI is InChI=1S/C19H27ClN4O3/c1-19(2,13-5-7-24(8-6-13)18(26)23(3)27-4)17(25)15-10-14(20)9-12-11-21-22-16(12)15/h9-11,13,17,25H,5-8H2,1-4H3,(H,21,22)/t17-/m1/s1. The number of hydroxylamine groups is 2. The third-order valence-electron chi connectivity index (χ3n) is 5.90. The van der Waals surface area contributed by atoms with Crippen molar-refractivity contribution in [3.8, 4) is 0 Å². The average molecular weight is 395 g/mol. The van der Waals surface area contributed by atoms with Gasteiger partial charge in [0.05, 0.1) is 24.9 Å². The van der Waals surface area contributed by atoms with Gasteiger partial charge < -0.3 is 10.0 Å². The molecule has 1 aliphatic rings. The number of hydrogen-bond donors (Lipinski definition) is 2. The predicted octanol–water partition coefficient (Wildman–Crippen LogP) is 3.60. The monoisotopic (exact) mass is 394 g/mol. The zero-order valence-corrected chi connectivity index (χ0v) is 17.0. The molecular formula is C19H27ClN4O3. The summed E-state index contributed by atoms with van der Waals surface area (Å²) in [6.45, 7) is 5.43. The smallest absolute Gasteiger partial charge is 0.343 e. The number of fused-ring (bicyclic) bond motifs is 1. The average Bonchev–Trinajstić information content (AvgIpc) is 3.13. The number of aliphatic hydroxyl groups is 1. The Morgan fingerprint density at radius 2 is 2.11 bits per heavy atom. The van der Waals surface area contributed by atoms with Crippen LogP contribution < -0.4 is 0 Å². The van der Waals surface area contributed by atoms with Gasteiger partial charge in [-0.2, -0.15) is 5.10 Å². The molecule has 1 aliphatic heterocycles. The van der Waals surface area contributed by atoms with Gasteiger partial charge >= 0.3 is 6.03 Å². The zero-order chi connectivity index (χ0) is 19.8. The van der Waals surface area contributed by atoms with E-state index in [0.29, 0.717) is 18.1 Å². The van der Waals surface area contributed by atoms with Gasteiger partial charge in [-0.15, -0.1) is 0 Å². The van der Waals surface area contributed by atoms with Crippen molar-refractivity contribution in [3.05, 3.63) is 28.9 Å². The van der Waals surface area contributed by atoms with Gasteiger partial charge in [-0.3, -0.25) is 9.94 Å². The van der Waals surface area contributed by atoms with Crippen LogP contribution in [0.5, 0.6) is 0 Å². The summed E-state index contributed by atoms with van der Waals surface area (Å²) < 4.78 is 0. The number of carbonyl (C=O) groups is 1. The molecule has 2 aromatic rings. The number of carbonyl (C=O) groups excluding carboxylic acids is 1. The molecule has 1 fully saturated rings. The Labute approximate surface area is 164 Å². The second kappa shape index (κ2) is 7.66. The Morgan fingerprint density at radius 1 is 1.44 bits per heavy atom. The number of aromatic amines is 1. The van der Waals surface area contributed by atoms with Crippen LogP contribution in [0, 0.1) is 11.3 Å². The summed E-state index contributed by atoms with van der Waals surface area (Å²) in [5.41, 5.74) is 1.19. The van der Waals surface area contributed by atoms with E-state index in [0.717, 1.165) is 29.3 Å². The van der Waals surface area contributed by atoms with Crippen LogP contribution >= 0.6 is 11.6 Å². The molecule has 0 saturated carbocycles. The summed E-state index contributed by atoms with van der Waals surface area (Å²) in [7, 11) is 3.09. The van der Waals surface area contributed by atoms with E-state index in [1.807, 2.05) is 6.07 Å². The minimum atomic E-state index is -0.701. The lowest BCUT2D eigenvalue weighted by molar-refractivity contribution is -0.0810. The van der Waals surface area contributed by atoms with Gasteiger partial charge in [-0.05, 0) is 36.3 Å². The van der Waals surface area contributed by atoms with E-state index < -0.39 is 6.10 Å². The number of hydrogen-bond acceptors (Lipinski definition) is 4. The highest BCUT2D eigenvalue weighted by Gasteiger charge is 2.40. The fourth-order valence-electron chi connectivity index (χ4n) is 3.98. The Hall–Kier alpha value is -1.83. The van der Waals surface area contributed by atoms with Crippen molar-refractivity contribution in [1.82, 2.24) is 20.2 Å². The third kappa shape index (κ3) is 3.77. The maximum absolute atomic E-state index is 12.2. The second-order valence-electron chi connectivity index (χ2n) is 7.78. The van der Waals surface area contributed by atoms with Crippen LogP contribution in [0.15, 0.2) is 18.3 Å². The number of benzene rings is 1. The molecule has 2 amide bonds. The SMILES string of the molecule is CON(C)C(=O)N1CCC(C(C)(C)[C@H](O)c2cc(Cl)cc3cn[nH]c23)CC1. The van der Waals surface area contributed by atoms with Crippen molar-refractivity contribution in [2.24, 2.45) is 11.3 Å². The minimum absolute atomic E-state index is 0.136. The van der Waals surface area contributed by atoms with Crippen molar-refractivity contribution in [2.75, 3.05) is 27.2 Å². The summed E-state index contributed by atoms with van der Waals surface area (Å²) in [4.78, 5) is 19.0. The summed E-state index contributed by atoms with van der Waals surface area (Å²) in [5, 5.41) is 21.0. The predicted molar refractivity (Wildman–Crippen MR) is 104 cm³/mol. The first-order valence-electron chi connectivity index (χ1n) is 9.13. The van der Waals surface area contributed by atoms with Crippen LogP contribution in [0.2, 0.25) is 5.02 Å². The number of likely N-dealkylation sites (tertiary alicyclic amines) is 1. The van der Waals surface area contributed by atoms with E-state index >= 15 is 0 Å². The van der Waals surface area contributed by atoms with E-state index in [1.165, 1.54) is 12.2 Å². The maximum atomic E-state index is 12.2. The summed E-state index contributed by atoms with van der Waals surface area (Å²) in [6, 6.07) is 3.50. The lowest BCUT2D eigenvalue weighted by Crippen LogP contribution is -2.47. The molecule has 2 N–H and O–H groups in total. The highest BCUT2D eigenvalue weighted by Crippen LogP contribution is 2.46. The molecule has 1 aromatic carbocycles.